The van der Waals surface area contributed by atoms with Crippen LogP contribution >= 0.6 is 0 Å². The van der Waals surface area contributed by atoms with Crippen LogP contribution in [0, 0.1) is 5.82 Å². The van der Waals surface area contributed by atoms with E-state index in [0.717, 1.165) is 44.6 Å². The van der Waals surface area contributed by atoms with E-state index in [1.807, 2.05) is 4.90 Å². The molecule has 138 valence electrons. The fraction of sp³-hybridized carbons (Fsp3) is 0.409. The van der Waals surface area contributed by atoms with E-state index in [4.69, 9.17) is 0 Å². The molecule has 0 saturated carbocycles. The lowest BCUT2D eigenvalue weighted by Crippen LogP contribution is -2.49. The number of amides is 1. The minimum absolute atomic E-state index is 0.121. The summed E-state index contributed by atoms with van der Waals surface area (Å²) in [5.41, 5.74) is 5.00. The first-order valence-electron chi connectivity index (χ1n) is 9.50. The fourth-order valence-corrected chi connectivity index (χ4v) is 3.69. The second-order valence-corrected chi connectivity index (χ2v) is 6.80. The summed E-state index contributed by atoms with van der Waals surface area (Å²) < 4.78 is 13.0. The Labute approximate surface area is 155 Å². The molecular weight excluding hydrogens is 327 g/mol. The normalized spacial score (nSPS) is 14.6. The first kappa shape index (κ1) is 18.4. The average Bonchev–Trinajstić information content (AvgIpc) is 2.69. The molecule has 1 fully saturated rings. The third-order valence-electron chi connectivity index (χ3n) is 5.18. The monoisotopic (exact) mass is 354 g/mol. The van der Waals surface area contributed by atoms with Crippen LogP contribution in [0.15, 0.2) is 42.5 Å². The molecule has 0 aromatic heterocycles. The number of aryl methyl sites for hydroxylation is 2. The van der Waals surface area contributed by atoms with Gasteiger partial charge in [0.2, 0.25) is 5.91 Å². The van der Waals surface area contributed by atoms with Gasteiger partial charge in [-0.05, 0) is 41.7 Å². The van der Waals surface area contributed by atoms with Gasteiger partial charge in [-0.2, -0.15) is 0 Å². The number of para-hydroxylation sites is 1. The molecule has 26 heavy (non-hydrogen) atoms. The van der Waals surface area contributed by atoms with Gasteiger partial charge < -0.3 is 9.80 Å². The lowest BCUT2D eigenvalue weighted by molar-refractivity contribution is -0.130. The minimum Gasteiger partial charge on any atom is -0.368 e. The molecule has 3 nitrogen and oxygen atoms in total. The van der Waals surface area contributed by atoms with Gasteiger partial charge in [-0.1, -0.05) is 44.2 Å². The summed E-state index contributed by atoms with van der Waals surface area (Å²) in [7, 11) is 0. The van der Waals surface area contributed by atoms with Crippen LogP contribution in [0.4, 0.5) is 10.1 Å². The van der Waals surface area contributed by atoms with Crippen molar-refractivity contribution in [2.24, 2.45) is 0 Å². The van der Waals surface area contributed by atoms with E-state index < -0.39 is 0 Å². The first-order valence-corrected chi connectivity index (χ1v) is 9.50. The molecule has 2 aromatic carbocycles. The molecule has 2 aromatic rings. The van der Waals surface area contributed by atoms with Crippen molar-refractivity contribution in [1.82, 2.24) is 4.90 Å². The molecule has 1 aliphatic heterocycles. The minimum atomic E-state index is -0.267. The number of nitrogens with zero attached hydrogens (tertiary/aromatic N) is 2. The zero-order valence-corrected chi connectivity index (χ0v) is 15.7. The van der Waals surface area contributed by atoms with Crippen LogP contribution in [-0.4, -0.2) is 37.0 Å². The van der Waals surface area contributed by atoms with Crippen LogP contribution in [0.3, 0.4) is 0 Å². The fourth-order valence-electron chi connectivity index (χ4n) is 3.69. The summed E-state index contributed by atoms with van der Waals surface area (Å²) in [6.07, 6.45) is 2.38. The second kappa shape index (κ2) is 8.35. The van der Waals surface area contributed by atoms with Crippen molar-refractivity contribution in [3.63, 3.8) is 0 Å². The van der Waals surface area contributed by atoms with Gasteiger partial charge in [-0.3, -0.25) is 4.79 Å². The van der Waals surface area contributed by atoms with Crippen molar-refractivity contribution in [1.29, 1.82) is 0 Å². The lowest BCUT2D eigenvalue weighted by Gasteiger charge is -2.38. The topological polar surface area (TPSA) is 23.6 Å². The summed E-state index contributed by atoms with van der Waals surface area (Å²) in [6.45, 7) is 7.59. The lowest BCUT2D eigenvalue weighted by atomic mass is 10.0. The predicted molar refractivity (Wildman–Crippen MR) is 104 cm³/mol. The number of halogens is 1. The number of hydrogen-bond acceptors (Lipinski definition) is 2. The number of piperazine rings is 1. The van der Waals surface area contributed by atoms with Crippen molar-refractivity contribution < 1.29 is 9.18 Å². The molecule has 3 rings (SSSR count). The second-order valence-electron chi connectivity index (χ2n) is 6.80. The molecular formula is C22H27FN2O. The Morgan fingerprint density at radius 1 is 0.923 bits per heavy atom. The number of rotatable bonds is 5. The standard InChI is InChI=1S/C22H27FN2O/c1-3-18-6-5-7-19(4-2)22(18)25-14-12-24(13-15-25)21(26)16-17-8-10-20(23)11-9-17/h5-11H,3-4,12-16H2,1-2H3. The highest BCUT2D eigenvalue weighted by atomic mass is 19.1. The zero-order chi connectivity index (χ0) is 18.5. The summed E-state index contributed by atoms with van der Waals surface area (Å²) in [6, 6.07) is 12.8. The Morgan fingerprint density at radius 2 is 1.50 bits per heavy atom. The van der Waals surface area contributed by atoms with Crippen molar-refractivity contribution in [3.8, 4) is 0 Å². The Morgan fingerprint density at radius 3 is 2.04 bits per heavy atom. The van der Waals surface area contributed by atoms with Gasteiger partial charge in [-0.15, -0.1) is 0 Å². The number of hydrogen-bond donors (Lipinski definition) is 0. The van der Waals surface area contributed by atoms with Gasteiger partial charge in [0, 0.05) is 31.9 Å². The van der Waals surface area contributed by atoms with Crippen LogP contribution in [0.25, 0.3) is 0 Å². The molecule has 0 atom stereocenters. The number of carbonyl (C=O) groups excluding carboxylic acids is 1. The van der Waals surface area contributed by atoms with E-state index in [-0.39, 0.29) is 11.7 Å². The third kappa shape index (κ3) is 4.06. The highest BCUT2D eigenvalue weighted by molar-refractivity contribution is 5.79. The molecule has 1 saturated heterocycles. The highest BCUT2D eigenvalue weighted by Crippen LogP contribution is 2.28. The number of carbonyl (C=O) groups is 1. The highest BCUT2D eigenvalue weighted by Gasteiger charge is 2.23. The van der Waals surface area contributed by atoms with Crippen LogP contribution in [0.2, 0.25) is 0 Å². The predicted octanol–water partition coefficient (Wildman–Crippen LogP) is 3.84. The van der Waals surface area contributed by atoms with Gasteiger partial charge in [-0.25, -0.2) is 4.39 Å². The van der Waals surface area contributed by atoms with Crippen LogP contribution in [-0.2, 0) is 24.1 Å². The van der Waals surface area contributed by atoms with Gasteiger partial charge in [0.1, 0.15) is 5.82 Å². The smallest absolute Gasteiger partial charge is 0.227 e. The molecule has 0 N–H and O–H groups in total. The van der Waals surface area contributed by atoms with Crippen molar-refractivity contribution in [3.05, 3.63) is 65.0 Å². The largest absolute Gasteiger partial charge is 0.368 e. The Balaban J connectivity index is 1.64. The Kier molecular flexibility index (Phi) is 5.92. The van der Waals surface area contributed by atoms with Crippen molar-refractivity contribution in [2.45, 2.75) is 33.1 Å². The molecule has 0 aliphatic carbocycles. The van der Waals surface area contributed by atoms with Gasteiger partial charge in [0.25, 0.3) is 0 Å². The van der Waals surface area contributed by atoms with E-state index in [9.17, 15) is 9.18 Å². The van der Waals surface area contributed by atoms with E-state index in [2.05, 4.69) is 36.9 Å². The Bertz CT molecular complexity index is 727. The molecule has 0 radical (unpaired) electrons. The zero-order valence-electron chi connectivity index (χ0n) is 15.7. The van der Waals surface area contributed by atoms with E-state index in [1.165, 1.54) is 28.9 Å². The molecule has 0 unspecified atom stereocenters. The maximum absolute atomic E-state index is 13.0. The van der Waals surface area contributed by atoms with Gasteiger partial charge in [0.05, 0.1) is 6.42 Å². The maximum atomic E-state index is 13.0. The van der Waals surface area contributed by atoms with Crippen LogP contribution in [0.5, 0.6) is 0 Å². The average molecular weight is 354 g/mol. The molecule has 0 bridgehead atoms. The number of benzene rings is 2. The third-order valence-corrected chi connectivity index (χ3v) is 5.18. The summed E-state index contributed by atoms with van der Waals surface area (Å²) >= 11 is 0. The van der Waals surface area contributed by atoms with Crippen molar-refractivity contribution in [2.75, 3.05) is 31.1 Å². The summed E-state index contributed by atoms with van der Waals surface area (Å²) in [5, 5.41) is 0. The maximum Gasteiger partial charge on any atom is 0.227 e. The first-order chi connectivity index (χ1) is 12.6. The van der Waals surface area contributed by atoms with E-state index in [0.29, 0.717) is 6.42 Å². The summed E-state index contributed by atoms with van der Waals surface area (Å²) in [4.78, 5) is 16.9. The van der Waals surface area contributed by atoms with E-state index in [1.54, 1.807) is 12.1 Å². The van der Waals surface area contributed by atoms with E-state index >= 15 is 0 Å². The molecule has 1 heterocycles. The summed E-state index contributed by atoms with van der Waals surface area (Å²) in [5.74, 6) is -0.146. The molecule has 1 aliphatic rings. The van der Waals surface area contributed by atoms with Crippen LogP contribution in [0.1, 0.15) is 30.5 Å². The van der Waals surface area contributed by atoms with Gasteiger partial charge >= 0.3 is 0 Å². The quantitative estimate of drug-likeness (QED) is 0.814. The number of anilines is 1. The molecule has 0 spiro atoms. The molecule has 4 heteroatoms. The molecule has 1 amide bonds. The van der Waals surface area contributed by atoms with Gasteiger partial charge in [0.15, 0.2) is 0 Å². The van der Waals surface area contributed by atoms with Crippen molar-refractivity contribution >= 4 is 11.6 Å². The van der Waals surface area contributed by atoms with Crippen LogP contribution < -0.4 is 4.90 Å². The Hall–Kier alpha value is -2.36. The SMILES string of the molecule is CCc1cccc(CC)c1N1CCN(C(=O)Cc2ccc(F)cc2)CC1.